The van der Waals surface area contributed by atoms with Crippen LogP contribution in [0.2, 0.25) is 5.15 Å². The molecule has 0 radical (unpaired) electrons. The van der Waals surface area contributed by atoms with E-state index in [0.29, 0.717) is 16.4 Å². The maximum atomic E-state index is 5.84. The van der Waals surface area contributed by atoms with E-state index in [1.165, 1.54) is 18.6 Å². The van der Waals surface area contributed by atoms with Gasteiger partial charge in [0.2, 0.25) is 0 Å². The fourth-order valence-electron chi connectivity index (χ4n) is 1.82. The average Bonchev–Trinajstić information content (AvgIpc) is 2.22. The van der Waals surface area contributed by atoms with Crippen molar-refractivity contribution in [1.82, 2.24) is 4.98 Å². The van der Waals surface area contributed by atoms with Gasteiger partial charge in [0.1, 0.15) is 5.15 Å². The zero-order chi connectivity index (χ0) is 10.7. The molecule has 2 heterocycles. The van der Waals surface area contributed by atoms with Gasteiger partial charge in [-0.1, -0.05) is 18.5 Å². The Morgan fingerprint density at radius 2 is 2.47 bits per heavy atom. The molecule has 0 amide bonds. The van der Waals surface area contributed by atoms with Crippen LogP contribution in [-0.2, 0) is 0 Å². The zero-order valence-electron chi connectivity index (χ0n) is 8.74. The molecule has 1 aliphatic heterocycles. The predicted octanol–water partition coefficient (Wildman–Crippen LogP) is 3.43. The van der Waals surface area contributed by atoms with Gasteiger partial charge in [-0.25, -0.2) is 4.98 Å². The molecule has 1 aliphatic rings. The molecule has 1 aromatic heterocycles. The largest absolute Gasteiger partial charge is 0.381 e. The first kappa shape index (κ1) is 11.1. The molecule has 0 bridgehead atoms. The summed E-state index contributed by atoms with van der Waals surface area (Å²) in [6, 6.07) is 4.41. The summed E-state index contributed by atoms with van der Waals surface area (Å²) in [5.74, 6) is 1.29. The molecule has 2 atom stereocenters. The molecule has 4 heteroatoms. The Kier molecular flexibility index (Phi) is 3.76. The fraction of sp³-hybridized carbons (Fsp3) is 0.545. The Morgan fingerprint density at radius 3 is 3.20 bits per heavy atom. The van der Waals surface area contributed by atoms with Crippen molar-refractivity contribution < 1.29 is 0 Å². The lowest BCUT2D eigenvalue weighted by molar-refractivity contribution is 0.617. The smallest absolute Gasteiger partial charge is 0.131 e. The van der Waals surface area contributed by atoms with Crippen LogP contribution in [0, 0.1) is 0 Å². The zero-order valence-corrected chi connectivity index (χ0v) is 10.3. The highest BCUT2D eigenvalue weighted by Crippen LogP contribution is 2.27. The van der Waals surface area contributed by atoms with E-state index in [1.54, 1.807) is 6.20 Å². The summed E-state index contributed by atoms with van der Waals surface area (Å²) in [6.07, 6.45) is 4.28. The Hall–Kier alpha value is -0.410. The molecular weight excluding hydrogens is 228 g/mol. The first-order valence-electron chi connectivity index (χ1n) is 5.25. The van der Waals surface area contributed by atoms with Gasteiger partial charge in [0, 0.05) is 23.2 Å². The van der Waals surface area contributed by atoms with Gasteiger partial charge in [0.25, 0.3) is 0 Å². The number of aromatic nitrogens is 1. The second kappa shape index (κ2) is 5.08. The van der Waals surface area contributed by atoms with Crippen molar-refractivity contribution in [3.05, 3.63) is 23.5 Å². The highest BCUT2D eigenvalue weighted by atomic mass is 35.5. The summed E-state index contributed by atoms with van der Waals surface area (Å²) in [5.41, 5.74) is 1.08. The lowest BCUT2D eigenvalue weighted by atomic mass is 10.1. The highest BCUT2D eigenvalue weighted by Gasteiger charge is 2.21. The second-order valence-electron chi connectivity index (χ2n) is 3.84. The van der Waals surface area contributed by atoms with Crippen molar-refractivity contribution in [3.8, 4) is 0 Å². The van der Waals surface area contributed by atoms with Crippen molar-refractivity contribution >= 4 is 29.1 Å². The van der Waals surface area contributed by atoms with Gasteiger partial charge in [0.15, 0.2) is 0 Å². The van der Waals surface area contributed by atoms with Crippen LogP contribution in [-0.4, -0.2) is 22.0 Å². The quantitative estimate of drug-likeness (QED) is 0.805. The lowest BCUT2D eigenvalue weighted by Gasteiger charge is -2.29. The van der Waals surface area contributed by atoms with E-state index in [0.717, 1.165) is 5.69 Å². The Morgan fingerprint density at radius 1 is 1.60 bits per heavy atom. The number of hydrogen-bond acceptors (Lipinski definition) is 3. The molecule has 2 rings (SSSR count). The van der Waals surface area contributed by atoms with Crippen molar-refractivity contribution in [2.75, 3.05) is 11.1 Å². The standard InChI is InChI=1S/C11H15ClN2S/c1-8-10(3-2-6-15-8)14-9-4-5-13-11(12)7-9/h4-5,7-8,10H,2-3,6H2,1H3,(H,13,14). The second-order valence-corrected chi connectivity index (χ2v) is 5.71. The minimum Gasteiger partial charge on any atom is -0.381 e. The third-order valence-electron chi connectivity index (χ3n) is 2.69. The van der Waals surface area contributed by atoms with Gasteiger partial charge < -0.3 is 5.32 Å². The van der Waals surface area contributed by atoms with Crippen LogP contribution >= 0.6 is 23.4 Å². The van der Waals surface area contributed by atoms with Crippen LogP contribution in [0.1, 0.15) is 19.8 Å². The maximum Gasteiger partial charge on any atom is 0.131 e. The topological polar surface area (TPSA) is 24.9 Å². The summed E-state index contributed by atoms with van der Waals surface area (Å²) >= 11 is 7.88. The minimum atomic E-state index is 0.552. The molecule has 15 heavy (non-hydrogen) atoms. The van der Waals surface area contributed by atoms with Crippen molar-refractivity contribution in [2.45, 2.75) is 31.1 Å². The molecule has 1 fully saturated rings. The molecule has 1 aromatic rings. The van der Waals surface area contributed by atoms with E-state index in [4.69, 9.17) is 11.6 Å². The first-order chi connectivity index (χ1) is 7.25. The SMILES string of the molecule is CC1SCCCC1Nc1ccnc(Cl)c1. The first-order valence-corrected chi connectivity index (χ1v) is 6.68. The lowest BCUT2D eigenvalue weighted by Crippen LogP contribution is -2.32. The number of nitrogens with one attached hydrogen (secondary N) is 1. The maximum absolute atomic E-state index is 5.84. The minimum absolute atomic E-state index is 0.552. The number of hydrogen-bond donors (Lipinski definition) is 1. The number of anilines is 1. The normalized spacial score (nSPS) is 26.3. The van der Waals surface area contributed by atoms with Gasteiger partial charge >= 0.3 is 0 Å². The fourth-order valence-corrected chi connectivity index (χ4v) is 3.13. The summed E-state index contributed by atoms with van der Waals surface area (Å²) < 4.78 is 0. The van der Waals surface area contributed by atoms with Crippen LogP contribution in [0.3, 0.4) is 0 Å². The van der Waals surface area contributed by atoms with E-state index in [-0.39, 0.29) is 0 Å². The summed E-state index contributed by atoms with van der Waals surface area (Å²) in [5, 5.41) is 4.75. The molecule has 2 nitrogen and oxygen atoms in total. The number of pyridine rings is 1. The third kappa shape index (κ3) is 3.02. The Labute approximate surface area is 99.8 Å². The molecule has 0 aromatic carbocycles. The van der Waals surface area contributed by atoms with E-state index < -0.39 is 0 Å². The highest BCUT2D eigenvalue weighted by molar-refractivity contribution is 8.00. The van der Waals surface area contributed by atoms with E-state index in [9.17, 15) is 0 Å². The van der Waals surface area contributed by atoms with E-state index in [1.807, 2.05) is 23.9 Å². The Bertz CT molecular complexity index is 332. The third-order valence-corrected chi connectivity index (χ3v) is 4.27. The molecular formula is C11H15ClN2S. The van der Waals surface area contributed by atoms with Crippen molar-refractivity contribution in [2.24, 2.45) is 0 Å². The molecule has 0 spiro atoms. The van der Waals surface area contributed by atoms with Gasteiger partial charge in [-0.05, 0) is 30.7 Å². The number of rotatable bonds is 2. The van der Waals surface area contributed by atoms with Gasteiger partial charge in [-0.3, -0.25) is 0 Å². The Balaban J connectivity index is 2.01. The van der Waals surface area contributed by atoms with Gasteiger partial charge in [-0.15, -0.1) is 0 Å². The van der Waals surface area contributed by atoms with Crippen LogP contribution in [0.4, 0.5) is 5.69 Å². The number of nitrogens with zero attached hydrogens (tertiary/aromatic N) is 1. The van der Waals surface area contributed by atoms with Crippen LogP contribution in [0.5, 0.6) is 0 Å². The van der Waals surface area contributed by atoms with Crippen LogP contribution < -0.4 is 5.32 Å². The molecule has 1 saturated heterocycles. The monoisotopic (exact) mass is 242 g/mol. The van der Waals surface area contributed by atoms with Gasteiger partial charge in [0.05, 0.1) is 0 Å². The molecule has 82 valence electrons. The van der Waals surface area contributed by atoms with Crippen molar-refractivity contribution in [1.29, 1.82) is 0 Å². The number of thioether (sulfide) groups is 1. The summed E-state index contributed by atoms with van der Waals surface area (Å²) in [6.45, 7) is 2.28. The predicted molar refractivity (Wildman–Crippen MR) is 67.8 cm³/mol. The van der Waals surface area contributed by atoms with E-state index >= 15 is 0 Å². The molecule has 1 N–H and O–H groups in total. The van der Waals surface area contributed by atoms with Crippen molar-refractivity contribution in [3.63, 3.8) is 0 Å². The number of halogens is 1. The molecule has 0 saturated carbocycles. The average molecular weight is 243 g/mol. The summed E-state index contributed by atoms with van der Waals surface area (Å²) in [7, 11) is 0. The molecule has 2 unspecified atom stereocenters. The molecule has 0 aliphatic carbocycles. The van der Waals surface area contributed by atoms with Crippen LogP contribution in [0.25, 0.3) is 0 Å². The summed E-state index contributed by atoms with van der Waals surface area (Å²) in [4.78, 5) is 3.97. The van der Waals surface area contributed by atoms with Crippen LogP contribution in [0.15, 0.2) is 18.3 Å². The van der Waals surface area contributed by atoms with E-state index in [2.05, 4.69) is 17.2 Å². The van der Waals surface area contributed by atoms with Gasteiger partial charge in [-0.2, -0.15) is 11.8 Å².